The molecule has 0 radical (unpaired) electrons. The number of benzene rings is 6. The summed E-state index contributed by atoms with van der Waals surface area (Å²) in [5, 5.41) is 2.34. The molecule has 0 saturated heterocycles. The fourth-order valence-electron chi connectivity index (χ4n) is 9.98. The van der Waals surface area contributed by atoms with Gasteiger partial charge >= 0.3 is 6.85 Å². The number of ether oxygens (including phenoxy) is 1. The molecule has 0 aliphatic carbocycles. The van der Waals surface area contributed by atoms with Crippen molar-refractivity contribution in [2.24, 2.45) is 0 Å². The van der Waals surface area contributed by atoms with Crippen molar-refractivity contribution in [3.8, 4) is 17.3 Å². The van der Waals surface area contributed by atoms with Crippen LogP contribution >= 0.6 is 0 Å². The van der Waals surface area contributed by atoms with Gasteiger partial charge in [0.25, 0.3) is 0 Å². The van der Waals surface area contributed by atoms with Gasteiger partial charge < -0.3 is 19.3 Å². The van der Waals surface area contributed by atoms with Crippen LogP contribution in [0.4, 0.5) is 17.1 Å². The van der Waals surface area contributed by atoms with Crippen LogP contribution in [0.1, 0.15) is 88.1 Å². The highest BCUT2D eigenvalue weighted by atomic mass is 16.5. The zero-order valence-corrected chi connectivity index (χ0v) is 39.5. The smallest absolute Gasteiger partial charge is 0.313 e. The molecule has 0 N–H and O–H groups in total. The van der Waals surface area contributed by atoms with E-state index in [1.807, 2.05) is 6.20 Å². The molecule has 0 saturated carbocycles. The van der Waals surface area contributed by atoms with Crippen LogP contribution in [-0.2, 0) is 5.41 Å². The molecule has 6 aromatic carbocycles. The molecule has 67 heavy (non-hydrogen) atoms. The summed E-state index contributed by atoms with van der Waals surface area (Å²) in [7, 11) is 0. The van der Waals surface area contributed by atoms with E-state index in [0.29, 0.717) is 18.5 Å². The number of para-hydroxylation sites is 3. The van der Waals surface area contributed by atoms with Crippen LogP contribution in [0.25, 0.3) is 38.9 Å². The number of aromatic nitrogens is 2. The molecule has 330 valence electrons. The van der Waals surface area contributed by atoms with Gasteiger partial charge in [-0.25, -0.2) is 4.98 Å². The van der Waals surface area contributed by atoms with Gasteiger partial charge in [0.05, 0.1) is 33.8 Å². The molecule has 0 amide bonds. The van der Waals surface area contributed by atoms with Gasteiger partial charge in [0.15, 0.2) is 0 Å². The Bertz CT molecular complexity index is 3310. The number of fused-ring (bicyclic) bond motifs is 5. The average molecular weight is 874 g/mol. The molecule has 7 heteroatoms. The Hall–Kier alpha value is -7.51. The number of hydrogen-bond acceptors (Lipinski definition) is 5. The van der Waals surface area contributed by atoms with E-state index < -0.39 is 0 Å². The van der Waals surface area contributed by atoms with Crippen LogP contribution in [0.15, 0.2) is 194 Å². The van der Waals surface area contributed by atoms with Gasteiger partial charge in [-0.3, -0.25) is 4.57 Å². The number of rotatable bonds is 9. The minimum absolute atomic E-state index is 0.0121. The first kappa shape index (κ1) is 42.2. The Labute approximate surface area is 395 Å². The summed E-state index contributed by atoms with van der Waals surface area (Å²) in [6, 6.07) is 55.1. The van der Waals surface area contributed by atoms with Crippen LogP contribution in [0.5, 0.6) is 11.5 Å². The molecular formula is C60H56BN5O. The molecule has 3 aliphatic heterocycles. The van der Waals surface area contributed by atoms with Crippen molar-refractivity contribution in [1.82, 2.24) is 14.4 Å². The largest absolute Gasteiger partial charge is 0.457 e. The lowest BCUT2D eigenvalue weighted by atomic mass is 9.55. The molecule has 2 aromatic heterocycles. The van der Waals surface area contributed by atoms with E-state index in [1.165, 1.54) is 50.2 Å². The monoisotopic (exact) mass is 873 g/mol. The predicted octanol–water partition coefficient (Wildman–Crippen LogP) is 15.4. The second-order valence-corrected chi connectivity index (χ2v) is 19.7. The van der Waals surface area contributed by atoms with Crippen LogP contribution in [0.2, 0.25) is 0 Å². The molecule has 0 fully saturated rings. The summed E-state index contributed by atoms with van der Waals surface area (Å²) >= 11 is 0. The fraction of sp³-hybridized carbons (Fsp3) is 0.183. The Balaban J connectivity index is 0.997. The zero-order valence-electron chi connectivity index (χ0n) is 39.5. The van der Waals surface area contributed by atoms with Crippen LogP contribution < -0.4 is 14.5 Å². The zero-order chi connectivity index (χ0) is 46.0. The normalized spacial score (nSPS) is 14.8. The first-order valence-electron chi connectivity index (χ1n) is 23.7. The van der Waals surface area contributed by atoms with Crippen molar-refractivity contribution in [2.75, 3.05) is 16.5 Å². The number of pyridine rings is 1. The van der Waals surface area contributed by atoms with E-state index in [0.717, 1.165) is 50.8 Å². The standard InChI is InChI=1S/C60H56BN5O/c1-40(2)42-21-25-44(26-22-42)52-38-61-32-12-13-34-65(61)58(45-27-23-43(24-28-45)41(3)4)59(52)64-39-63(54-19-10-11-20-55(54)64)47-15-14-16-48(36-47)67-49-29-30-51-50-17-8-9-18-53(50)66(56(51)37-49)57-35-46(31-33-62-57)60(5,6)7/h8-38,40-41H,39H2,1-7H3. The first-order valence-corrected chi connectivity index (χ1v) is 23.7. The third-order valence-corrected chi connectivity index (χ3v) is 13.7. The van der Waals surface area contributed by atoms with E-state index in [1.54, 1.807) is 0 Å². The molecule has 0 atom stereocenters. The quantitative estimate of drug-likeness (QED) is 0.135. The van der Waals surface area contributed by atoms with Gasteiger partial charge in [0.1, 0.15) is 24.0 Å². The van der Waals surface area contributed by atoms with Crippen molar-refractivity contribution in [3.63, 3.8) is 0 Å². The molecule has 0 bridgehead atoms. The van der Waals surface area contributed by atoms with Crippen LogP contribution in [-0.4, -0.2) is 27.9 Å². The summed E-state index contributed by atoms with van der Waals surface area (Å²) < 4.78 is 9.10. The molecule has 0 spiro atoms. The van der Waals surface area contributed by atoms with Gasteiger partial charge in [-0.1, -0.05) is 151 Å². The van der Waals surface area contributed by atoms with E-state index >= 15 is 0 Å². The highest BCUT2D eigenvalue weighted by Crippen LogP contribution is 2.49. The van der Waals surface area contributed by atoms with Crippen molar-refractivity contribution < 1.29 is 4.74 Å². The van der Waals surface area contributed by atoms with Gasteiger partial charge in [-0.15, -0.1) is 0 Å². The second kappa shape index (κ2) is 16.7. The summed E-state index contributed by atoms with van der Waals surface area (Å²) in [6.07, 6.45) is 8.49. The summed E-state index contributed by atoms with van der Waals surface area (Å²) in [6.45, 7) is 16.5. The van der Waals surface area contributed by atoms with Crippen LogP contribution in [0, 0.1) is 0 Å². The molecule has 11 rings (SSSR count). The highest BCUT2D eigenvalue weighted by Gasteiger charge is 2.38. The minimum atomic E-state index is -0.0121. The highest BCUT2D eigenvalue weighted by molar-refractivity contribution is 6.70. The molecule has 3 aliphatic rings. The van der Waals surface area contributed by atoms with Gasteiger partial charge in [0.2, 0.25) is 0 Å². The Morgan fingerprint density at radius 2 is 1.27 bits per heavy atom. The molecule has 6 nitrogen and oxygen atoms in total. The van der Waals surface area contributed by atoms with E-state index in [9.17, 15) is 0 Å². The Morgan fingerprint density at radius 1 is 0.597 bits per heavy atom. The number of nitrogens with zero attached hydrogens (tertiary/aromatic N) is 5. The molecule has 5 heterocycles. The third-order valence-electron chi connectivity index (χ3n) is 13.7. The van der Waals surface area contributed by atoms with E-state index in [2.05, 4.69) is 250 Å². The number of anilines is 3. The van der Waals surface area contributed by atoms with Crippen molar-refractivity contribution in [2.45, 2.75) is 65.7 Å². The van der Waals surface area contributed by atoms with Crippen LogP contribution in [0.3, 0.4) is 0 Å². The molecular weight excluding hydrogens is 818 g/mol. The lowest BCUT2D eigenvalue weighted by Crippen LogP contribution is -2.40. The Morgan fingerprint density at radius 3 is 2.00 bits per heavy atom. The first-order chi connectivity index (χ1) is 32.5. The minimum Gasteiger partial charge on any atom is -0.457 e. The lowest BCUT2D eigenvalue weighted by Gasteiger charge is -2.39. The average Bonchev–Trinajstić information content (AvgIpc) is 3.89. The maximum atomic E-state index is 6.83. The topological polar surface area (TPSA) is 36.8 Å². The SMILES string of the molecule is CC(C)c1ccc(C2=CB3C=CC=CN3C(c3ccc(C(C)C)cc3)=C2N2CN(c3cccc(Oc4ccc5c6ccccc6n(-c6cc(C(C)(C)C)ccn6)c5c4)c3)c3ccccc32)cc1. The summed E-state index contributed by atoms with van der Waals surface area (Å²) in [5.41, 5.74) is 15.4. The predicted molar refractivity (Wildman–Crippen MR) is 282 cm³/mol. The van der Waals surface area contributed by atoms with Gasteiger partial charge in [-0.05, 0) is 118 Å². The third kappa shape index (κ3) is 7.62. The number of allylic oxidation sites excluding steroid dienone is 3. The van der Waals surface area contributed by atoms with E-state index in [-0.39, 0.29) is 12.3 Å². The van der Waals surface area contributed by atoms with Crippen molar-refractivity contribution >= 4 is 57.0 Å². The van der Waals surface area contributed by atoms with Crippen molar-refractivity contribution in [3.05, 3.63) is 222 Å². The second-order valence-electron chi connectivity index (χ2n) is 19.7. The maximum Gasteiger partial charge on any atom is 0.313 e. The lowest BCUT2D eigenvalue weighted by molar-refractivity contribution is 0.483. The van der Waals surface area contributed by atoms with Gasteiger partial charge in [-0.2, -0.15) is 0 Å². The maximum absolute atomic E-state index is 6.83. The number of hydrogen-bond donors (Lipinski definition) is 0. The fourth-order valence-corrected chi connectivity index (χ4v) is 9.98. The Kier molecular flexibility index (Phi) is 10.5. The van der Waals surface area contributed by atoms with Gasteiger partial charge in [0, 0.05) is 34.8 Å². The summed E-state index contributed by atoms with van der Waals surface area (Å²) in [4.78, 5) is 12.3. The molecule has 0 unspecified atom stereocenters. The van der Waals surface area contributed by atoms with Crippen molar-refractivity contribution in [1.29, 1.82) is 0 Å². The molecule has 8 aromatic rings. The summed E-state index contributed by atoms with van der Waals surface area (Å²) in [5.74, 6) is 8.06. The van der Waals surface area contributed by atoms with E-state index in [4.69, 9.17) is 9.72 Å².